The van der Waals surface area contributed by atoms with Gasteiger partial charge in [0, 0.05) is 12.8 Å². The van der Waals surface area contributed by atoms with E-state index < -0.39 is 5.79 Å². The van der Waals surface area contributed by atoms with Gasteiger partial charge in [-0.05, 0) is 25.7 Å². The average molecular weight is 166 g/mol. The molecule has 1 saturated heterocycles. The van der Waals surface area contributed by atoms with Crippen LogP contribution in [0.25, 0.3) is 0 Å². The van der Waals surface area contributed by atoms with E-state index in [1.165, 1.54) is 0 Å². The van der Waals surface area contributed by atoms with Crippen LogP contribution in [0.15, 0.2) is 0 Å². The fourth-order valence-electron chi connectivity index (χ4n) is 1.13. The highest BCUT2D eigenvalue weighted by Crippen LogP contribution is 2.22. The van der Waals surface area contributed by atoms with Gasteiger partial charge in [-0.3, -0.25) is 0 Å². The zero-order valence-corrected chi connectivity index (χ0v) is 7.38. The van der Waals surface area contributed by atoms with Gasteiger partial charge in [0.1, 0.15) is 0 Å². The van der Waals surface area contributed by atoms with Crippen LogP contribution in [0, 0.1) is 25.2 Å². The van der Waals surface area contributed by atoms with Crippen LogP contribution in [0.2, 0.25) is 0 Å². The first kappa shape index (κ1) is 9.57. The lowest BCUT2D eigenvalue weighted by atomic mass is 10.0. The fourth-order valence-corrected chi connectivity index (χ4v) is 1.13. The highest BCUT2D eigenvalue weighted by molar-refractivity contribution is 5.00. The van der Waals surface area contributed by atoms with Gasteiger partial charge in [-0.15, -0.1) is 6.42 Å². The summed E-state index contributed by atoms with van der Waals surface area (Å²) in [6, 6.07) is 0. The summed E-state index contributed by atoms with van der Waals surface area (Å²) >= 11 is 0. The van der Waals surface area contributed by atoms with E-state index in [0.717, 1.165) is 6.42 Å². The van der Waals surface area contributed by atoms with Crippen molar-refractivity contribution in [2.45, 2.75) is 25.6 Å². The summed E-state index contributed by atoms with van der Waals surface area (Å²) in [5.74, 6) is 2.05. The van der Waals surface area contributed by atoms with Crippen LogP contribution in [0.1, 0.15) is 19.8 Å². The average Bonchev–Trinajstić information content (AvgIpc) is 2.10. The Kier molecular flexibility index (Phi) is 3.13. The van der Waals surface area contributed by atoms with Crippen molar-refractivity contribution in [3.63, 3.8) is 0 Å². The Labute approximate surface area is 74.2 Å². The Hall–Kier alpha value is -0.520. The lowest BCUT2D eigenvalue weighted by Gasteiger charge is -2.33. The van der Waals surface area contributed by atoms with Gasteiger partial charge < -0.3 is 9.47 Å². The van der Waals surface area contributed by atoms with Crippen molar-refractivity contribution in [2.75, 3.05) is 13.2 Å². The molecule has 0 aliphatic carbocycles. The Bertz CT molecular complexity index is 173. The minimum absolute atomic E-state index is 0.399. The molecule has 1 rings (SSSR count). The van der Waals surface area contributed by atoms with Crippen LogP contribution < -0.4 is 0 Å². The van der Waals surface area contributed by atoms with Crippen LogP contribution in [0.5, 0.6) is 0 Å². The van der Waals surface area contributed by atoms with E-state index in [4.69, 9.17) is 22.8 Å². The van der Waals surface area contributed by atoms with E-state index in [1.807, 2.05) is 0 Å². The molecular formula is C10H14O2. The molecule has 12 heavy (non-hydrogen) atoms. The summed E-state index contributed by atoms with van der Waals surface area (Å²) in [6.45, 7) is 8.47. The second kappa shape index (κ2) is 3.93. The molecule has 2 radical (unpaired) electrons. The van der Waals surface area contributed by atoms with Gasteiger partial charge in [0.2, 0.25) is 5.79 Å². The van der Waals surface area contributed by atoms with Gasteiger partial charge in [0.15, 0.2) is 0 Å². The first-order valence-corrected chi connectivity index (χ1v) is 4.16. The Balaban J connectivity index is 2.35. The van der Waals surface area contributed by atoms with E-state index in [0.29, 0.717) is 25.6 Å². The molecule has 2 nitrogen and oxygen atoms in total. The van der Waals surface area contributed by atoms with Crippen LogP contribution in [0.4, 0.5) is 0 Å². The minimum atomic E-state index is -0.814. The van der Waals surface area contributed by atoms with Gasteiger partial charge in [-0.2, -0.15) is 0 Å². The molecule has 1 aliphatic rings. The van der Waals surface area contributed by atoms with Gasteiger partial charge in [0.05, 0.1) is 13.2 Å². The number of hydrogen-bond acceptors (Lipinski definition) is 2. The fraction of sp³-hybridized carbons (Fsp3) is 0.700. The molecule has 0 saturated carbocycles. The second-order valence-electron chi connectivity index (χ2n) is 3.16. The quantitative estimate of drug-likeness (QED) is 0.579. The van der Waals surface area contributed by atoms with Crippen molar-refractivity contribution in [3.05, 3.63) is 6.92 Å². The number of terminal acetylenes is 1. The number of rotatable bonds is 2. The van der Waals surface area contributed by atoms with Crippen molar-refractivity contribution in [3.8, 4) is 12.3 Å². The molecule has 0 amide bonds. The van der Waals surface area contributed by atoms with E-state index in [2.05, 4.69) is 5.92 Å². The smallest absolute Gasteiger partial charge is 0.230 e. The molecule has 0 aromatic rings. The molecule has 0 aromatic heterocycles. The van der Waals surface area contributed by atoms with E-state index >= 15 is 0 Å². The van der Waals surface area contributed by atoms with Crippen molar-refractivity contribution >= 4 is 0 Å². The molecule has 0 spiro atoms. The Morgan fingerprint density at radius 1 is 1.50 bits per heavy atom. The largest absolute Gasteiger partial charge is 0.340 e. The first-order chi connectivity index (χ1) is 5.70. The van der Waals surface area contributed by atoms with Gasteiger partial charge in [-0.1, -0.05) is 0 Å². The molecule has 2 heteroatoms. The minimum Gasteiger partial charge on any atom is -0.340 e. The number of hydrogen-bond donors (Lipinski definition) is 0. The standard InChI is InChI=1S/C10H14O2/c1-4-6-9-7-11-10(3,5-2)12-8-9/h1-2,9H,4,6-8H2,3H3. The Morgan fingerprint density at radius 3 is 2.50 bits per heavy atom. The summed E-state index contributed by atoms with van der Waals surface area (Å²) in [4.78, 5) is 0. The maximum absolute atomic E-state index is 5.41. The summed E-state index contributed by atoms with van der Waals surface area (Å²) in [5.41, 5.74) is 0. The predicted molar refractivity (Wildman–Crippen MR) is 46.2 cm³/mol. The Morgan fingerprint density at radius 2 is 2.08 bits per heavy atom. The predicted octanol–water partition coefficient (Wildman–Crippen LogP) is 1.49. The summed E-state index contributed by atoms with van der Waals surface area (Å²) in [5, 5.41) is 0. The van der Waals surface area contributed by atoms with Crippen LogP contribution in [-0.4, -0.2) is 19.0 Å². The monoisotopic (exact) mass is 166 g/mol. The summed E-state index contributed by atoms with van der Waals surface area (Å²) in [7, 11) is 0. The van der Waals surface area contributed by atoms with Gasteiger partial charge >= 0.3 is 0 Å². The lowest BCUT2D eigenvalue weighted by Crippen LogP contribution is -2.40. The molecule has 66 valence electrons. The molecule has 1 aliphatic heterocycles. The SMILES string of the molecule is [CH]CCC1COC(C)(C#C)OC1. The molecule has 1 fully saturated rings. The highest BCUT2D eigenvalue weighted by atomic mass is 16.7. The van der Waals surface area contributed by atoms with E-state index in [1.54, 1.807) is 6.92 Å². The zero-order chi connectivity index (χ0) is 9.03. The third-order valence-electron chi connectivity index (χ3n) is 2.03. The summed E-state index contributed by atoms with van der Waals surface area (Å²) in [6.07, 6.45) is 6.83. The third-order valence-corrected chi connectivity index (χ3v) is 2.03. The van der Waals surface area contributed by atoms with Crippen molar-refractivity contribution < 1.29 is 9.47 Å². The molecule has 0 N–H and O–H groups in total. The molecule has 0 aromatic carbocycles. The van der Waals surface area contributed by atoms with Crippen molar-refractivity contribution in [2.24, 2.45) is 5.92 Å². The third kappa shape index (κ3) is 2.23. The maximum Gasteiger partial charge on any atom is 0.230 e. The molecule has 0 bridgehead atoms. The maximum atomic E-state index is 5.41. The second-order valence-corrected chi connectivity index (χ2v) is 3.16. The molecular weight excluding hydrogens is 152 g/mol. The zero-order valence-electron chi connectivity index (χ0n) is 7.38. The van der Waals surface area contributed by atoms with Gasteiger partial charge in [0.25, 0.3) is 0 Å². The van der Waals surface area contributed by atoms with Crippen LogP contribution in [-0.2, 0) is 9.47 Å². The molecule has 1 heterocycles. The van der Waals surface area contributed by atoms with Crippen molar-refractivity contribution in [1.82, 2.24) is 0 Å². The van der Waals surface area contributed by atoms with Gasteiger partial charge in [-0.25, -0.2) is 0 Å². The van der Waals surface area contributed by atoms with Crippen LogP contribution in [0.3, 0.4) is 0 Å². The molecule has 0 unspecified atom stereocenters. The number of ether oxygens (including phenoxy) is 2. The van der Waals surface area contributed by atoms with E-state index in [9.17, 15) is 0 Å². The topological polar surface area (TPSA) is 18.5 Å². The normalized spacial score (nSPS) is 35.9. The highest BCUT2D eigenvalue weighted by Gasteiger charge is 2.30. The lowest BCUT2D eigenvalue weighted by molar-refractivity contribution is -0.238. The van der Waals surface area contributed by atoms with Crippen LogP contribution >= 0.6 is 0 Å². The molecule has 0 atom stereocenters. The van der Waals surface area contributed by atoms with E-state index in [-0.39, 0.29) is 0 Å². The summed E-state index contributed by atoms with van der Waals surface area (Å²) < 4.78 is 10.7. The van der Waals surface area contributed by atoms with Crippen molar-refractivity contribution in [1.29, 1.82) is 0 Å². The first-order valence-electron chi connectivity index (χ1n) is 4.16.